The van der Waals surface area contributed by atoms with Crippen molar-refractivity contribution in [3.63, 3.8) is 0 Å². The number of carbonyl (C=O) groups is 2. The normalized spacial score (nSPS) is 31.8. The number of quaternary nitrogens is 1. The van der Waals surface area contributed by atoms with Crippen LogP contribution in [0.5, 0.6) is 0 Å². The molecule has 0 saturated carbocycles. The summed E-state index contributed by atoms with van der Waals surface area (Å²) >= 11 is 0. The van der Waals surface area contributed by atoms with Gasteiger partial charge in [-0.2, -0.15) is 13.2 Å². The third-order valence-corrected chi connectivity index (χ3v) is 4.02. The lowest BCUT2D eigenvalue weighted by molar-refractivity contribution is -0.791. The van der Waals surface area contributed by atoms with Gasteiger partial charge in [-0.1, -0.05) is 24.3 Å². The van der Waals surface area contributed by atoms with Gasteiger partial charge >= 0.3 is 24.8 Å². The molecule has 3 rings (SSSR count). The van der Waals surface area contributed by atoms with Crippen molar-refractivity contribution in [1.82, 2.24) is 0 Å². The van der Waals surface area contributed by atoms with Crippen LogP contribution in [0.2, 0.25) is 0 Å². The van der Waals surface area contributed by atoms with Crippen molar-refractivity contribution in [3.05, 3.63) is 29.8 Å². The highest BCUT2D eigenvalue weighted by molar-refractivity contribution is 6.79. The molecule has 0 N–H and O–H groups in total. The molecule has 112 valence electrons. The number of fused-ring (bicyclic) bond motifs is 1. The first-order chi connectivity index (χ1) is 9.66. The summed E-state index contributed by atoms with van der Waals surface area (Å²) in [5.41, 5.74) is -0.822. The Morgan fingerprint density at radius 2 is 1.71 bits per heavy atom. The van der Waals surface area contributed by atoms with Gasteiger partial charge in [-0.25, -0.2) is 0 Å². The summed E-state index contributed by atoms with van der Waals surface area (Å²) in [5.74, 6) is -1.19. The molecular weight excluding hydrogens is 290 g/mol. The maximum absolute atomic E-state index is 12.8. The van der Waals surface area contributed by atoms with Gasteiger partial charge in [0.2, 0.25) is 0 Å². The summed E-state index contributed by atoms with van der Waals surface area (Å²) in [4.78, 5) is 23.2. The second-order valence-electron chi connectivity index (χ2n) is 5.57. The minimum absolute atomic E-state index is 0.0593. The van der Waals surface area contributed by atoms with E-state index in [9.17, 15) is 22.8 Å². The molecule has 0 atom stereocenters. The van der Waals surface area contributed by atoms with E-state index in [1.165, 1.54) is 12.1 Å². The molecule has 0 aliphatic carbocycles. The molecule has 2 fully saturated rings. The van der Waals surface area contributed by atoms with Crippen molar-refractivity contribution in [2.75, 3.05) is 20.1 Å². The number of likely N-dealkylation sites (N-methyl/N-ethyl adjacent to an activating group) is 1. The summed E-state index contributed by atoms with van der Waals surface area (Å²) in [6.07, 6.45) is -4.53. The van der Waals surface area contributed by atoms with Crippen molar-refractivity contribution >= 4 is 24.1 Å². The highest BCUT2D eigenvalue weighted by Gasteiger charge is 2.66. The Balaban J connectivity index is 2.14. The molecule has 9 heteroatoms. The predicted molar refractivity (Wildman–Crippen MR) is 64.9 cm³/mol. The minimum Gasteiger partial charge on any atom is -0.596 e. The average molecular weight is 301 g/mol. The fraction of sp³-hybridized carbons (Fsp3) is 0.333. The number of hydrogen-bond acceptors (Lipinski definition) is 4. The second-order valence-corrected chi connectivity index (χ2v) is 5.57. The number of rotatable bonds is 1. The molecule has 1 aromatic carbocycles. The largest absolute Gasteiger partial charge is 0.614 e. The third kappa shape index (κ3) is 1.91. The third-order valence-electron chi connectivity index (χ3n) is 4.02. The van der Waals surface area contributed by atoms with Crippen molar-refractivity contribution in [1.29, 1.82) is 0 Å². The monoisotopic (exact) mass is 301 g/mol. The number of carbonyl (C=O) groups excluding carboxylic acids is 2. The van der Waals surface area contributed by atoms with E-state index in [-0.39, 0.29) is 22.9 Å². The van der Waals surface area contributed by atoms with Gasteiger partial charge in [0, 0.05) is 7.05 Å². The SMILES string of the molecule is C[N+]12CC(=O)O[B-]1(c1cccc(C(F)(F)F)c1)OC(=O)C2. The molecular formula is C12H11BF3NO4. The Labute approximate surface area is 117 Å². The van der Waals surface area contributed by atoms with Gasteiger partial charge < -0.3 is 13.7 Å². The van der Waals surface area contributed by atoms with Gasteiger partial charge in [0.05, 0.1) is 5.56 Å². The lowest BCUT2D eigenvalue weighted by Crippen LogP contribution is -2.67. The molecule has 2 saturated heterocycles. The molecule has 0 bridgehead atoms. The molecule has 5 nitrogen and oxygen atoms in total. The lowest BCUT2D eigenvalue weighted by atomic mass is 9.61. The first-order valence-corrected chi connectivity index (χ1v) is 6.26. The van der Waals surface area contributed by atoms with E-state index < -0.39 is 30.4 Å². The van der Waals surface area contributed by atoms with Gasteiger partial charge in [-0.3, -0.25) is 9.59 Å². The van der Waals surface area contributed by atoms with Crippen LogP contribution in [0.4, 0.5) is 13.2 Å². The zero-order chi connectivity index (χ0) is 15.5. The quantitative estimate of drug-likeness (QED) is 0.705. The maximum Gasteiger partial charge on any atom is 0.614 e. The second kappa shape index (κ2) is 4.00. The Morgan fingerprint density at radius 1 is 1.14 bits per heavy atom. The van der Waals surface area contributed by atoms with Gasteiger partial charge in [-0.05, 0) is 5.46 Å². The maximum atomic E-state index is 12.8. The first kappa shape index (κ1) is 13.9. The minimum atomic E-state index is -4.53. The molecule has 0 aromatic heterocycles. The fourth-order valence-electron chi connectivity index (χ4n) is 3.03. The van der Waals surface area contributed by atoms with Crippen LogP contribution in [0, 0.1) is 0 Å². The zero-order valence-electron chi connectivity index (χ0n) is 11.0. The number of halogens is 3. The van der Waals surface area contributed by atoms with Crippen molar-refractivity contribution in [2.45, 2.75) is 6.18 Å². The van der Waals surface area contributed by atoms with Crippen LogP contribution in [-0.4, -0.2) is 43.2 Å². The summed E-state index contributed by atoms with van der Waals surface area (Å²) in [6.45, 7) is -2.84. The molecule has 0 spiro atoms. The Bertz CT molecular complexity index is 626. The van der Waals surface area contributed by atoms with Gasteiger partial charge in [-0.15, -0.1) is 0 Å². The van der Waals surface area contributed by atoms with E-state index in [1.54, 1.807) is 7.05 Å². The van der Waals surface area contributed by atoms with Crippen LogP contribution < -0.4 is 5.46 Å². The molecule has 0 radical (unpaired) electrons. The Morgan fingerprint density at radius 3 is 2.24 bits per heavy atom. The summed E-state index contributed by atoms with van der Waals surface area (Å²) in [6, 6.07) is 4.36. The van der Waals surface area contributed by atoms with Gasteiger partial charge in [0.25, 0.3) is 0 Å². The fourth-order valence-corrected chi connectivity index (χ4v) is 3.03. The molecule has 0 unspecified atom stereocenters. The number of alkyl halides is 3. The van der Waals surface area contributed by atoms with E-state index in [1.807, 2.05) is 0 Å². The number of nitrogens with zero attached hydrogens (tertiary/aromatic N) is 1. The average Bonchev–Trinajstić information content (AvgIpc) is 2.73. The number of benzene rings is 1. The zero-order valence-corrected chi connectivity index (χ0v) is 11.0. The van der Waals surface area contributed by atoms with Crippen LogP contribution in [0.15, 0.2) is 24.3 Å². The van der Waals surface area contributed by atoms with Crippen LogP contribution in [0.1, 0.15) is 5.56 Å². The van der Waals surface area contributed by atoms with E-state index in [0.29, 0.717) is 0 Å². The van der Waals surface area contributed by atoms with E-state index in [0.717, 1.165) is 12.1 Å². The topological polar surface area (TPSA) is 52.6 Å². The standard InChI is InChI=1S/C12H11BF3NO4/c1-17-6-10(18)20-13(17,21-11(19)7-17)9-4-2-3-8(5-9)12(14,15)16/h2-5H,6-7H2,1H3. The van der Waals surface area contributed by atoms with E-state index >= 15 is 0 Å². The van der Waals surface area contributed by atoms with Crippen LogP contribution >= 0.6 is 0 Å². The van der Waals surface area contributed by atoms with Crippen molar-refractivity contribution < 1.29 is 36.5 Å². The molecule has 2 aliphatic heterocycles. The van der Waals surface area contributed by atoms with Gasteiger partial charge in [0.15, 0.2) is 0 Å². The molecule has 21 heavy (non-hydrogen) atoms. The predicted octanol–water partition coefficient (Wildman–Crippen LogP) is 0.411. The van der Waals surface area contributed by atoms with Crippen LogP contribution in [-0.2, 0) is 25.1 Å². The lowest BCUT2D eigenvalue weighted by Gasteiger charge is -2.40. The van der Waals surface area contributed by atoms with E-state index in [2.05, 4.69) is 0 Å². The van der Waals surface area contributed by atoms with Crippen LogP contribution in [0.25, 0.3) is 0 Å². The molecule has 2 heterocycles. The summed E-state index contributed by atoms with van der Waals surface area (Å²) in [5, 5.41) is 0. The summed E-state index contributed by atoms with van der Waals surface area (Å²) in [7, 11) is 1.57. The Hall–Kier alpha value is -2.03. The molecule has 2 aliphatic rings. The van der Waals surface area contributed by atoms with Crippen molar-refractivity contribution in [2.24, 2.45) is 0 Å². The number of hydrogen-bond donors (Lipinski definition) is 0. The van der Waals surface area contributed by atoms with Gasteiger partial charge in [0.1, 0.15) is 13.1 Å². The molecule has 1 aromatic rings. The molecule has 0 amide bonds. The highest BCUT2D eigenvalue weighted by atomic mass is 19.4. The van der Waals surface area contributed by atoms with E-state index in [4.69, 9.17) is 9.31 Å². The first-order valence-electron chi connectivity index (χ1n) is 6.26. The summed E-state index contributed by atoms with van der Waals surface area (Å²) < 4.78 is 48.7. The Kier molecular flexibility index (Phi) is 2.66. The van der Waals surface area contributed by atoms with Crippen LogP contribution in [0.3, 0.4) is 0 Å². The van der Waals surface area contributed by atoms with Crippen molar-refractivity contribution in [3.8, 4) is 0 Å². The highest BCUT2D eigenvalue weighted by Crippen LogP contribution is 2.35. The smallest absolute Gasteiger partial charge is 0.596 e.